The van der Waals surface area contributed by atoms with Gasteiger partial charge in [0.15, 0.2) is 0 Å². The first-order chi connectivity index (χ1) is 6.29. The Labute approximate surface area is 78.6 Å². The molecule has 0 atom stereocenters. The highest BCUT2D eigenvalue weighted by atomic mass is 15.2. The van der Waals surface area contributed by atoms with Gasteiger partial charge in [-0.3, -0.25) is 0 Å². The average molecular weight is 177 g/mol. The van der Waals surface area contributed by atoms with E-state index in [0.717, 1.165) is 12.4 Å². The van der Waals surface area contributed by atoms with Gasteiger partial charge >= 0.3 is 0 Å². The summed E-state index contributed by atoms with van der Waals surface area (Å²) in [7, 11) is 0. The summed E-state index contributed by atoms with van der Waals surface area (Å²) in [5.74, 6) is 0.881. The average Bonchev–Trinajstić information content (AvgIpc) is 2.86. The molecule has 3 nitrogen and oxygen atoms in total. The first kappa shape index (κ1) is 8.48. The summed E-state index contributed by atoms with van der Waals surface area (Å²) in [5.41, 5.74) is 0.620. The Morgan fingerprint density at radius 1 is 1.54 bits per heavy atom. The predicted octanol–water partition coefficient (Wildman–Crippen LogP) is 2.08. The van der Waals surface area contributed by atoms with Crippen molar-refractivity contribution in [2.45, 2.75) is 26.2 Å². The van der Waals surface area contributed by atoms with Crippen molar-refractivity contribution >= 4 is 5.82 Å². The summed E-state index contributed by atoms with van der Waals surface area (Å²) in [6.07, 6.45) is 5.70. The molecule has 0 bridgehead atoms. The molecule has 1 fully saturated rings. The van der Waals surface area contributed by atoms with E-state index in [9.17, 15) is 0 Å². The van der Waals surface area contributed by atoms with Gasteiger partial charge in [0.1, 0.15) is 5.82 Å². The van der Waals surface area contributed by atoms with Gasteiger partial charge in [-0.25, -0.2) is 0 Å². The molecule has 2 rings (SSSR count). The fourth-order valence-electron chi connectivity index (χ4n) is 1.35. The second-order valence-electron chi connectivity index (χ2n) is 4.10. The largest absolute Gasteiger partial charge is 0.369 e. The van der Waals surface area contributed by atoms with Crippen molar-refractivity contribution in [3.05, 3.63) is 18.3 Å². The minimum atomic E-state index is 0.620. The number of aromatic nitrogens is 2. The van der Waals surface area contributed by atoms with Crippen LogP contribution in [0.2, 0.25) is 0 Å². The Morgan fingerprint density at radius 3 is 3.00 bits per heavy atom. The molecule has 1 saturated carbocycles. The zero-order chi connectivity index (χ0) is 9.15. The van der Waals surface area contributed by atoms with Crippen LogP contribution in [0, 0.1) is 5.41 Å². The number of rotatable bonds is 4. The van der Waals surface area contributed by atoms with Gasteiger partial charge in [-0.2, -0.15) is 5.10 Å². The van der Waals surface area contributed by atoms with Gasteiger partial charge in [0, 0.05) is 12.7 Å². The van der Waals surface area contributed by atoms with E-state index in [0.29, 0.717) is 5.41 Å². The number of hydrogen-bond donors (Lipinski definition) is 1. The predicted molar refractivity (Wildman–Crippen MR) is 52.5 cm³/mol. The zero-order valence-electron chi connectivity index (χ0n) is 7.95. The zero-order valence-corrected chi connectivity index (χ0v) is 7.95. The SMILES string of the molecule is CC1(CCNc2cccnn2)CC1. The van der Waals surface area contributed by atoms with Crippen LogP contribution in [0.5, 0.6) is 0 Å². The summed E-state index contributed by atoms with van der Waals surface area (Å²) >= 11 is 0. The van der Waals surface area contributed by atoms with E-state index >= 15 is 0 Å². The van der Waals surface area contributed by atoms with Crippen LogP contribution >= 0.6 is 0 Å². The molecule has 0 radical (unpaired) electrons. The maximum Gasteiger partial charge on any atom is 0.148 e. The van der Waals surface area contributed by atoms with Crippen LogP contribution in [0.3, 0.4) is 0 Å². The Hall–Kier alpha value is -1.12. The second-order valence-corrected chi connectivity index (χ2v) is 4.10. The van der Waals surface area contributed by atoms with Gasteiger partial charge in [-0.05, 0) is 36.8 Å². The van der Waals surface area contributed by atoms with Crippen molar-refractivity contribution in [1.82, 2.24) is 10.2 Å². The number of nitrogens with one attached hydrogen (secondary N) is 1. The third-order valence-corrected chi connectivity index (χ3v) is 2.71. The summed E-state index contributed by atoms with van der Waals surface area (Å²) in [5, 5.41) is 11.0. The van der Waals surface area contributed by atoms with Crippen molar-refractivity contribution in [3.63, 3.8) is 0 Å². The first-order valence-electron chi connectivity index (χ1n) is 4.80. The van der Waals surface area contributed by atoms with Gasteiger partial charge in [0.2, 0.25) is 0 Å². The lowest BCUT2D eigenvalue weighted by atomic mass is 10.1. The van der Waals surface area contributed by atoms with Crippen molar-refractivity contribution in [3.8, 4) is 0 Å². The van der Waals surface area contributed by atoms with Crippen LogP contribution in [0.15, 0.2) is 18.3 Å². The first-order valence-corrected chi connectivity index (χ1v) is 4.80. The molecule has 1 aliphatic rings. The second kappa shape index (κ2) is 3.32. The molecule has 0 amide bonds. The summed E-state index contributed by atoms with van der Waals surface area (Å²) in [4.78, 5) is 0. The van der Waals surface area contributed by atoms with Gasteiger partial charge in [-0.15, -0.1) is 5.10 Å². The fourth-order valence-corrected chi connectivity index (χ4v) is 1.35. The number of hydrogen-bond acceptors (Lipinski definition) is 3. The smallest absolute Gasteiger partial charge is 0.148 e. The van der Waals surface area contributed by atoms with E-state index < -0.39 is 0 Å². The number of nitrogens with zero attached hydrogens (tertiary/aromatic N) is 2. The van der Waals surface area contributed by atoms with E-state index in [1.165, 1.54) is 19.3 Å². The molecule has 0 spiro atoms. The lowest BCUT2D eigenvalue weighted by molar-refractivity contribution is 0.535. The Kier molecular flexibility index (Phi) is 2.17. The van der Waals surface area contributed by atoms with Crippen LogP contribution in [-0.4, -0.2) is 16.7 Å². The molecule has 1 aliphatic carbocycles. The van der Waals surface area contributed by atoms with Crippen LogP contribution in [0.25, 0.3) is 0 Å². The minimum absolute atomic E-state index is 0.620. The van der Waals surface area contributed by atoms with E-state index in [2.05, 4.69) is 22.4 Å². The molecule has 0 saturated heterocycles. The van der Waals surface area contributed by atoms with Crippen LogP contribution in [0.1, 0.15) is 26.2 Å². The molecule has 1 aromatic rings. The summed E-state index contributed by atoms with van der Waals surface area (Å²) < 4.78 is 0. The van der Waals surface area contributed by atoms with E-state index in [1.54, 1.807) is 6.20 Å². The molecule has 13 heavy (non-hydrogen) atoms. The molecule has 0 aliphatic heterocycles. The van der Waals surface area contributed by atoms with E-state index in [1.807, 2.05) is 12.1 Å². The Morgan fingerprint density at radius 2 is 2.38 bits per heavy atom. The molecule has 70 valence electrons. The fraction of sp³-hybridized carbons (Fsp3) is 0.600. The normalized spacial score (nSPS) is 18.2. The van der Waals surface area contributed by atoms with Crippen LogP contribution in [-0.2, 0) is 0 Å². The maximum absolute atomic E-state index is 3.96. The molecule has 1 N–H and O–H groups in total. The van der Waals surface area contributed by atoms with Crippen LogP contribution < -0.4 is 5.32 Å². The van der Waals surface area contributed by atoms with E-state index in [4.69, 9.17) is 0 Å². The van der Waals surface area contributed by atoms with Crippen LogP contribution in [0.4, 0.5) is 5.82 Å². The topological polar surface area (TPSA) is 37.8 Å². The maximum atomic E-state index is 3.96. The summed E-state index contributed by atoms with van der Waals surface area (Å²) in [6.45, 7) is 3.35. The lowest BCUT2D eigenvalue weighted by Gasteiger charge is -2.08. The number of anilines is 1. The molecule has 1 aromatic heterocycles. The van der Waals surface area contributed by atoms with Gasteiger partial charge in [-0.1, -0.05) is 6.92 Å². The molecule has 0 aromatic carbocycles. The monoisotopic (exact) mass is 177 g/mol. The van der Waals surface area contributed by atoms with Gasteiger partial charge in [0.05, 0.1) is 0 Å². The van der Waals surface area contributed by atoms with Crippen molar-refractivity contribution in [2.24, 2.45) is 5.41 Å². The Bertz CT molecular complexity index is 267. The molecular formula is C10H15N3. The molecular weight excluding hydrogens is 162 g/mol. The van der Waals surface area contributed by atoms with E-state index in [-0.39, 0.29) is 0 Å². The molecule has 3 heteroatoms. The molecule has 1 heterocycles. The van der Waals surface area contributed by atoms with Crippen molar-refractivity contribution in [1.29, 1.82) is 0 Å². The van der Waals surface area contributed by atoms with Crippen molar-refractivity contribution < 1.29 is 0 Å². The van der Waals surface area contributed by atoms with Gasteiger partial charge in [0.25, 0.3) is 0 Å². The Balaban J connectivity index is 1.74. The van der Waals surface area contributed by atoms with Crippen molar-refractivity contribution in [2.75, 3.05) is 11.9 Å². The quantitative estimate of drug-likeness (QED) is 0.765. The lowest BCUT2D eigenvalue weighted by Crippen LogP contribution is -2.08. The highest BCUT2D eigenvalue weighted by molar-refractivity contribution is 5.31. The van der Waals surface area contributed by atoms with Gasteiger partial charge < -0.3 is 5.32 Å². The third kappa shape index (κ3) is 2.41. The summed E-state index contributed by atoms with van der Waals surface area (Å²) in [6, 6.07) is 3.84. The minimum Gasteiger partial charge on any atom is -0.369 e. The molecule has 0 unspecified atom stereocenters. The third-order valence-electron chi connectivity index (χ3n) is 2.71. The standard InChI is InChI=1S/C10H15N3/c1-10(4-5-10)6-8-11-9-3-2-7-12-13-9/h2-3,7H,4-6,8H2,1H3,(H,11,13). The highest BCUT2D eigenvalue weighted by Gasteiger charge is 2.36. The highest BCUT2D eigenvalue weighted by Crippen LogP contribution is 2.47.